The van der Waals surface area contributed by atoms with E-state index in [9.17, 15) is 0 Å². The van der Waals surface area contributed by atoms with Gasteiger partial charge in [-0.15, -0.1) is 0 Å². The Bertz CT molecular complexity index is 634. The molecule has 1 spiro atoms. The number of hydrogen-bond donors (Lipinski definition) is 1. The molecule has 1 aromatic heterocycles. The Morgan fingerprint density at radius 2 is 2.22 bits per heavy atom. The summed E-state index contributed by atoms with van der Waals surface area (Å²) in [7, 11) is 1.86. The number of nitrogens with zero attached hydrogens (tertiary/aromatic N) is 3. The van der Waals surface area contributed by atoms with Gasteiger partial charge in [0.2, 0.25) is 5.88 Å². The minimum absolute atomic E-state index is 0.344. The van der Waals surface area contributed by atoms with Crippen molar-refractivity contribution in [1.82, 2.24) is 15.2 Å². The van der Waals surface area contributed by atoms with Crippen LogP contribution in [0, 0.1) is 5.41 Å². The summed E-state index contributed by atoms with van der Waals surface area (Å²) in [5.41, 5.74) is 1.49. The standard InChI is InChI=1S/C21H32N4O2/c1-22-20(25-11-9-21(15-25)10-12-26-16-21)24-14-17-7-8-19(23-13-17)27-18-5-3-2-4-6-18/h7-8,13,18H,2-6,9-12,14-16H2,1H3,(H,22,24). The minimum atomic E-state index is 0.344. The van der Waals surface area contributed by atoms with E-state index in [1.165, 1.54) is 32.1 Å². The van der Waals surface area contributed by atoms with Crippen LogP contribution in [0.2, 0.25) is 0 Å². The molecule has 2 saturated heterocycles. The second kappa shape index (κ2) is 8.46. The van der Waals surface area contributed by atoms with Crippen LogP contribution in [0.1, 0.15) is 50.5 Å². The first-order valence-electron chi connectivity index (χ1n) is 10.4. The number of hydrogen-bond acceptors (Lipinski definition) is 4. The molecular formula is C21H32N4O2. The highest BCUT2D eigenvalue weighted by Gasteiger charge is 2.42. The van der Waals surface area contributed by atoms with Gasteiger partial charge >= 0.3 is 0 Å². The summed E-state index contributed by atoms with van der Waals surface area (Å²) >= 11 is 0. The van der Waals surface area contributed by atoms with Gasteiger partial charge in [0.1, 0.15) is 6.10 Å². The average molecular weight is 373 g/mol. The number of ether oxygens (including phenoxy) is 2. The highest BCUT2D eigenvalue weighted by Crippen LogP contribution is 2.38. The Hall–Kier alpha value is -1.82. The second-order valence-corrected chi connectivity index (χ2v) is 8.26. The fourth-order valence-electron chi connectivity index (χ4n) is 4.54. The van der Waals surface area contributed by atoms with Gasteiger partial charge in [-0.3, -0.25) is 4.99 Å². The zero-order valence-electron chi connectivity index (χ0n) is 16.5. The van der Waals surface area contributed by atoms with E-state index in [-0.39, 0.29) is 0 Å². The van der Waals surface area contributed by atoms with Crippen molar-refractivity contribution in [2.75, 3.05) is 33.4 Å². The molecule has 3 aliphatic rings. The molecule has 1 saturated carbocycles. The van der Waals surface area contributed by atoms with Gasteiger partial charge in [0.25, 0.3) is 0 Å². The molecule has 1 aliphatic carbocycles. The van der Waals surface area contributed by atoms with Crippen molar-refractivity contribution in [3.05, 3.63) is 23.9 Å². The third-order valence-electron chi connectivity index (χ3n) is 6.22. The van der Waals surface area contributed by atoms with Crippen LogP contribution in [-0.4, -0.2) is 55.3 Å². The lowest BCUT2D eigenvalue weighted by molar-refractivity contribution is 0.148. The molecule has 0 radical (unpaired) electrons. The van der Waals surface area contributed by atoms with E-state index in [0.29, 0.717) is 11.5 Å². The normalized spacial score (nSPS) is 26.7. The van der Waals surface area contributed by atoms with Gasteiger partial charge in [-0.05, 0) is 44.1 Å². The van der Waals surface area contributed by atoms with E-state index >= 15 is 0 Å². The van der Waals surface area contributed by atoms with Crippen molar-refractivity contribution in [1.29, 1.82) is 0 Å². The number of rotatable bonds is 4. The molecule has 2 aliphatic heterocycles. The molecule has 0 bridgehead atoms. The van der Waals surface area contributed by atoms with Gasteiger partial charge in [0.05, 0.1) is 6.61 Å². The number of nitrogens with one attached hydrogen (secondary N) is 1. The van der Waals surface area contributed by atoms with Gasteiger partial charge in [-0.1, -0.05) is 12.5 Å². The van der Waals surface area contributed by atoms with Crippen molar-refractivity contribution in [2.24, 2.45) is 10.4 Å². The summed E-state index contributed by atoms with van der Waals surface area (Å²) in [5, 5.41) is 3.49. The molecule has 0 aromatic carbocycles. The van der Waals surface area contributed by atoms with E-state index in [1.54, 1.807) is 0 Å². The van der Waals surface area contributed by atoms with Crippen LogP contribution in [-0.2, 0) is 11.3 Å². The zero-order chi connectivity index (χ0) is 18.5. The van der Waals surface area contributed by atoms with Gasteiger partial charge in [-0.25, -0.2) is 4.98 Å². The predicted octanol–water partition coefficient (Wildman–Crippen LogP) is 2.98. The molecule has 0 amide bonds. The first-order valence-corrected chi connectivity index (χ1v) is 10.4. The molecule has 6 heteroatoms. The Morgan fingerprint density at radius 3 is 2.93 bits per heavy atom. The molecule has 148 valence electrons. The van der Waals surface area contributed by atoms with Gasteiger partial charge < -0.3 is 19.7 Å². The Morgan fingerprint density at radius 1 is 1.33 bits per heavy atom. The summed E-state index contributed by atoms with van der Waals surface area (Å²) in [5.74, 6) is 1.72. The monoisotopic (exact) mass is 372 g/mol. The number of guanidine groups is 1. The Kier molecular flexibility index (Phi) is 5.81. The van der Waals surface area contributed by atoms with E-state index in [1.807, 2.05) is 19.3 Å². The number of likely N-dealkylation sites (tertiary alicyclic amines) is 1. The Labute approximate surface area is 162 Å². The van der Waals surface area contributed by atoms with Crippen molar-refractivity contribution >= 4 is 5.96 Å². The van der Waals surface area contributed by atoms with Crippen LogP contribution in [0.5, 0.6) is 5.88 Å². The summed E-state index contributed by atoms with van der Waals surface area (Å²) in [6, 6.07) is 4.09. The summed E-state index contributed by atoms with van der Waals surface area (Å²) < 4.78 is 11.6. The first kappa shape index (κ1) is 18.5. The summed E-state index contributed by atoms with van der Waals surface area (Å²) in [4.78, 5) is 11.3. The van der Waals surface area contributed by atoms with Crippen LogP contribution < -0.4 is 10.1 Å². The third-order valence-corrected chi connectivity index (χ3v) is 6.22. The quantitative estimate of drug-likeness (QED) is 0.650. The topological polar surface area (TPSA) is 59.0 Å². The zero-order valence-corrected chi connectivity index (χ0v) is 16.5. The highest BCUT2D eigenvalue weighted by molar-refractivity contribution is 5.80. The lowest BCUT2D eigenvalue weighted by atomic mass is 9.87. The predicted molar refractivity (Wildman–Crippen MR) is 106 cm³/mol. The number of aliphatic imine (C=N–C) groups is 1. The summed E-state index contributed by atoms with van der Waals surface area (Å²) in [6.07, 6.45) is 10.8. The molecule has 1 aromatic rings. The van der Waals surface area contributed by atoms with Crippen LogP contribution >= 0.6 is 0 Å². The van der Waals surface area contributed by atoms with Crippen molar-refractivity contribution in [3.8, 4) is 5.88 Å². The first-order chi connectivity index (χ1) is 13.3. The molecule has 1 N–H and O–H groups in total. The number of pyridine rings is 1. The number of aromatic nitrogens is 1. The van der Waals surface area contributed by atoms with Crippen LogP contribution in [0.3, 0.4) is 0 Å². The lowest BCUT2D eigenvalue weighted by Gasteiger charge is -2.25. The maximum absolute atomic E-state index is 6.02. The molecule has 6 nitrogen and oxygen atoms in total. The SMILES string of the molecule is CN=C(NCc1ccc(OC2CCCCC2)nc1)N1CCC2(CCOC2)C1. The van der Waals surface area contributed by atoms with Crippen LogP contribution in [0.4, 0.5) is 0 Å². The van der Waals surface area contributed by atoms with Crippen LogP contribution in [0.15, 0.2) is 23.3 Å². The van der Waals surface area contributed by atoms with E-state index in [2.05, 4.69) is 26.3 Å². The highest BCUT2D eigenvalue weighted by atomic mass is 16.5. The third kappa shape index (κ3) is 4.54. The lowest BCUT2D eigenvalue weighted by Crippen LogP contribution is -2.41. The molecular weight excluding hydrogens is 340 g/mol. The van der Waals surface area contributed by atoms with E-state index in [0.717, 1.165) is 63.1 Å². The summed E-state index contributed by atoms with van der Waals surface area (Å²) in [6.45, 7) is 4.62. The average Bonchev–Trinajstić information content (AvgIpc) is 3.34. The van der Waals surface area contributed by atoms with Gasteiger partial charge in [0, 0.05) is 51.0 Å². The maximum Gasteiger partial charge on any atom is 0.213 e. The smallest absolute Gasteiger partial charge is 0.213 e. The minimum Gasteiger partial charge on any atom is -0.474 e. The molecule has 27 heavy (non-hydrogen) atoms. The Balaban J connectivity index is 1.27. The van der Waals surface area contributed by atoms with E-state index in [4.69, 9.17) is 9.47 Å². The molecule has 3 fully saturated rings. The molecule has 1 unspecified atom stereocenters. The van der Waals surface area contributed by atoms with Gasteiger partial charge in [0.15, 0.2) is 5.96 Å². The van der Waals surface area contributed by atoms with Gasteiger partial charge in [-0.2, -0.15) is 0 Å². The van der Waals surface area contributed by atoms with Crippen molar-refractivity contribution in [3.63, 3.8) is 0 Å². The van der Waals surface area contributed by atoms with Crippen molar-refractivity contribution in [2.45, 2.75) is 57.6 Å². The van der Waals surface area contributed by atoms with Crippen molar-refractivity contribution < 1.29 is 9.47 Å². The molecule has 1 atom stereocenters. The van der Waals surface area contributed by atoms with E-state index < -0.39 is 0 Å². The maximum atomic E-state index is 6.02. The molecule has 4 rings (SSSR count). The van der Waals surface area contributed by atoms with Crippen LogP contribution in [0.25, 0.3) is 0 Å². The molecule has 3 heterocycles. The largest absolute Gasteiger partial charge is 0.474 e. The second-order valence-electron chi connectivity index (χ2n) is 8.26. The fourth-order valence-corrected chi connectivity index (χ4v) is 4.54. The fraction of sp³-hybridized carbons (Fsp3) is 0.714.